The van der Waals surface area contributed by atoms with Crippen molar-refractivity contribution in [3.63, 3.8) is 0 Å². The second kappa shape index (κ2) is 6.62. The van der Waals surface area contributed by atoms with Gasteiger partial charge in [0.25, 0.3) is 0 Å². The first kappa shape index (κ1) is 14.6. The SMILES string of the molecule is COc1ccc(CCn2c(Cc3cccs3)n[nH]c2=O)cc1. The van der Waals surface area contributed by atoms with Crippen molar-refractivity contribution < 1.29 is 4.74 Å². The van der Waals surface area contributed by atoms with E-state index >= 15 is 0 Å². The van der Waals surface area contributed by atoms with Crippen molar-refractivity contribution >= 4 is 11.3 Å². The van der Waals surface area contributed by atoms with E-state index in [1.165, 1.54) is 4.88 Å². The third-order valence-corrected chi connectivity index (χ3v) is 4.41. The third kappa shape index (κ3) is 3.28. The van der Waals surface area contributed by atoms with Crippen LogP contribution in [0.5, 0.6) is 5.75 Å². The summed E-state index contributed by atoms with van der Waals surface area (Å²) in [5.41, 5.74) is 1.01. The van der Waals surface area contributed by atoms with E-state index in [9.17, 15) is 4.79 Å². The quantitative estimate of drug-likeness (QED) is 0.760. The van der Waals surface area contributed by atoms with Gasteiger partial charge in [0.2, 0.25) is 0 Å². The fourth-order valence-corrected chi connectivity index (χ4v) is 3.02. The van der Waals surface area contributed by atoms with E-state index in [4.69, 9.17) is 4.74 Å². The van der Waals surface area contributed by atoms with E-state index in [1.54, 1.807) is 23.0 Å². The van der Waals surface area contributed by atoms with Crippen LogP contribution < -0.4 is 10.4 Å². The molecule has 2 heterocycles. The van der Waals surface area contributed by atoms with Gasteiger partial charge in [0.1, 0.15) is 11.6 Å². The van der Waals surface area contributed by atoms with Crippen molar-refractivity contribution in [3.05, 3.63) is 68.5 Å². The zero-order chi connectivity index (χ0) is 15.4. The molecule has 6 heteroatoms. The van der Waals surface area contributed by atoms with E-state index in [-0.39, 0.29) is 5.69 Å². The number of thiophene rings is 1. The first-order valence-electron chi connectivity index (χ1n) is 7.05. The zero-order valence-corrected chi connectivity index (χ0v) is 13.1. The highest BCUT2D eigenvalue weighted by atomic mass is 32.1. The maximum absolute atomic E-state index is 11.9. The molecule has 0 saturated carbocycles. The van der Waals surface area contributed by atoms with E-state index < -0.39 is 0 Å². The lowest BCUT2D eigenvalue weighted by Crippen LogP contribution is -2.20. The largest absolute Gasteiger partial charge is 0.497 e. The molecule has 0 unspecified atom stereocenters. The van der Waals surface area contributed by atoms with Crippen LogP contribution in [0.2, 0.25) is 0 Å². The van der Waals surface area contributed by atoms with E-state index in [0.717, 1.165) is 23.6 Å². The Morgan fingerprint density at radius 3 is 2.77 bits per heavy atom. The summed E-state index contributed by atoms with van der Waals surface area (Å²) >= 11 is 1.67. The molecule has 1 N–H and O–H groups in total. The van der Waals surface area contributed by atoms with E-state index in [1.807, 2.05) is 35.7 Å². The molecule has 0 atom stereocenters. The minimum atomic E-state index is -0.153. The number of aromatic nitrogens is 3. The lowest BCUT2D eigenvalue weighted by Gasteiger charge is -2.06. The molecule has 1 aromatic carbocycles. The Morgan fingerprint density at radius 2 is 2.09 bits per heavy atom. The summed E-state index contributed by atoms with van der Waals surface area (Å²) in [4.78, 5) is 13.1. The summed E-state index contributed by atoms with van der Waals surface area (Å²) < 4.78 is 6.86. The predicted octanol–water partition coefficient (Wildman–Crippen LogP) is 2.47. The summed E-state index contributed by atoms with van der Waals surface area (Å²) in [6, 6.07) is 12.0. The fourth-order valence-electron chi connectivity index (χ4n) is 2.32. The molecule has 0 spiro atoms. The van der Waals surface area contributed by atoms with Gasteiger partial charge in [0, 0.05) is 17.8 Å². The maximum Gasteiger partial charge on any atom is 0.343 e. The first-order chi connectivity index (χ1) is 10.8. The molecule has 114 valence electrons. The minimum absolute atomic E-state index is 0.153. The average molecular weight is 315 g/mol. The molecule has 3 rings (SSSR count). The van der Waals surface area contributed by atoms with Crippen molar-refractivity contribution in [2.75, 3.05) is 7.11 Å². The normalized spacial score (nSPS) is 10.8. The highest BCUT2D eigenvalue weighted by Gasteiger charge is 2.09. The van der Waals surface area contributed by atoms with Crippen LogP contribution in [-0.2, 0) is 19.4 Å². The monoisotopic (exact) mass is 315 g/mol. The van der Waals surface area contributed by atoms with Gasteiger partial charge in [-0.15, -0.1) is 11.3 Å². The molecule has 0 aliphatic heterocycles. The first-order valence-corrected chi connectivity index (χ1v) is 7.93. The molecule has 3 aromatic rings. The zero-order valence-electron chi connectivity index (χ0n) is 12.3. The molecule has 22 heavy (non-hydrogen) atoms. The van der Waals surface area contributed by atoms with Crippen molar-refractivity contribution in [2.45, 2.75) is 19.4 Å². The average Bonchev–Trinajstić information content (AvgIpc) is 3.17. The molecule has 0 bridgehead atoms. The molecule has 0 radical (unpaired) electrons. The molecule has 5 nitrogen and oxygen atoms in total. The molecule has 0 aliphatic rings. The Labute approximate surface area is 132 Å². The van der Waals surface area contributed by atoms with Crippen LogP contribution in [-0.4, -0.2) is 21.9 Å². The van der Waals surface area contributed by atoms with Crippen LogP contribution in [0.15, 0.2) is 46.6 Å². The number of methoxy groups -OCH3 is 1. The summed E-state index contributed by atoms with van der Waals surface area (Å²) in [5, 5.41) is 8.72. The number of H-pyrrole nitrogens is 1. The van der Waals surface area contributed by atoms with Gasteiger partial charge in [-0.2, -0.15) is 5.10 Å². The smallest absolute Gasteiger partial charge is 0.343 e. The number of ether oxygens (including phenoxy) is 1. The summed E-state index contributed by atoms with van der Waals surface area (Å²) in [7, 11) is 1.65. The van der Waals surface area contributed by atoms with E-state index in [2.05, 4.69) is 16.3 Å². The Kier molecular flexibility index (Phi) is 4.39. The molecular formula is C16H17N3O2S. The number of aromatic amines is 1. The van der Waals surface area contributed by atoms with Crippen molar-refractivity contribution in [2.24, 2.45) is 0 Å². The highest BCUT2D eigenvalue weighted by Crippen LogP contribution is 2.14. The minimum Gasteiger partial charge on any atom is -0.497 e. The third-order valence-electron chi connectivity index (χ3n) is 3.53. The Morgan fingerprint density at radius 1 is 1.27 bits per heavy atom. The number of benzene rings is 1. The van der Waals surface area contributed by atoms with Crippen LogP contribution in [0.25, 0.3) is 0 Å². The summed E-state index contributed by atoms with van der Waals surface area (Å²) in [6.45, 7) is 0.613. The number of rotatable bonds is 6. The summed E-state index contributed by atoms with van der Waals surface area (Å²) in [6.07, 6.45) is 1.46. The van der Waals surface area contributed by atoms with Gasteiger partial charge >= 0.3 is 5.69 Å². The lowest BCUT2D eigenvalue weighted by atomic mass is 10.1. The van der Waals surface area contributed by atoms with Crippen LogP contribution >= 0.6 is 11.3 Å². The number of nitrogens with one attached hydrogen (secondary N) is 1. The van der Waals surface area contributed by atoms with Crippen molar-refractivity contribution in [1.82, 2.24) is 14.8 Å². The van der Waals surface area contributed by atoms with Gasteiger partial charge in [0.05, 0.1) is 7.11 Å². The topological polar surface area (TPSA) is 59.9 Å². The van der Waals surface area contributed by atoms with Gasteiger partial charge in [-0.3, -0.25) is 4.57 Å². The number of nitrogens with zero attached hydrogens (tertiary/aromatic N) is 2. The molecule has 0 aliphatic carbocycles. The summed E-state index contributed by atoms with van der Waals surface area (Å²) in [5.74, 6) is 1.61. The maximum atomic E-state index is 11.9. The molecular weight excluding hydrogens is 298 g/mol. The van der Waals surface area contributed by atoms with Crippen LogP contribution in [0.4, 0.5) is 0 Å². The molecule has 0 amide bonds. The fraction of sp³-hybridized carbons (Fsp3) is 0.250. The van der Waals surface area contributed by atoms with Crippen LogP contribution in [0.1, 0.15) is 16.3 Å². The Bertz CT molecular complexity index is 773. The van der Waals surface area contributed by atoms with Crippen molar-refractivity contribution in [1.29, 1.82) is 0 Å². The molecule has 0 fully saturated rings. The second-order valence-electron chi connectivity index (χ2n) is 4.95. The van der Waals surface area contributed by atoms with Gasteiger partial charge in [-0.1, -0.05) is 18.2 Å². The highest BCUT2D eigenvalue weighted by molar-refractivity contribution is 7.09. The van der Waals surface area contributed by atoms with E-state index in [0.29, 0.717) is 13.0 Å². The predicted molar refractivity (Wildman–Crippen MR) is 86.7 cm³/mol. The Balaban J connectivity index is 1.71. The number of hydrogen-bond donors (Lipinski definition) is 1. The molecule has 2 aromatic heterocycles. The van der Waals surface area contributed by atoms with Crippen molar-refractivity contribution in [3.8, 4) is 5.75 Å². The number of aryl methyl sites for hydroxylation is 1. The molecule has 0 saturated heterocycles. The van der Waals surface area contributed by atoms with Crippen LogP contribution in [0.3, 0.4) is 0 Å². The van der Waals surface area contributed by atoms with Crippen LogP contribution in [0, 0.1) is 0 Å². The second-order valence-corrected chi connectivity index (χ2v) is 5.98. The standard InChI is InChI=1S/C16H17N3O2S/c1-21-13-6-4-12(5-7-13)8-9-19-15(17-18-16(19)20)11-14-3-2-10-22-14/h2-7,10H,8-9,11H2,1H3,(H,18,20). The number of hydrogen-bond acceptors (Lipinski definition) is 4. The van der Waals surface area contributed by atoms with Gasteiger partial charge in [-0.25, -0.2) is 9.89 Å². The van der Waals surface area contributed by atoms with Gasteiger partial charge in [-0.05, 0) is 35.6 Å². The lowest BCUT2D eigenvalue weighted by molar-refractivity contribution is 0.414. The van der Waals surface area contributed by atoms with Gasteiger partial charge < -0.3 is 4.74 Å². The van der Waals surface area contributed by atoms with Gasteiger partial charge in [0.15, 0.2) is 0 Å². The Hall–Kier alpha value is -2.34.